The molecule has 1 atom stereocenters. The summed E-state index contributed by atoms with van der Waals surface area (Å²) in [5, 5.41) is 0. The third-order valence-corrected chi connectivity index (χ3v) is 6.31. The Bertz CT molecular complexity index is 1420. The highest BCUT2D eigenvalue weighted by atomic mass is 32.1. The van der Waals surface area contributed by atoms with Gasteiger partial charge in [0.25, 0.3) is 5.56 Å². The molecule has 0 radical (unpaired) electrons. The van der Waals surface area contributed by atoms with Crippen molar-refractivity contribution in [2.24, 2.45) is 4.99 Å². The molecule has 3 aromatic rings. The molecular formula is C24H20N2O5S. The molecule has 0 unspecified atom stereocenters. The highest BCUT2D eigenvalue weighted by molar-refractivity contribution is 7.07. The van der Waals surface area contributed by atoms with Crippen molar-refractivity contribution in [1.29, 1.82) is 0 Å². The monoisotopic (exact) mass is 448 g/mol. The quantitative estimate of drug-likeness (QED) is 0.573. The number of hydrogen-bond acceptors (Lipinski definition) is 7. The number of nitrogens with zero attached hydrogens (tertiary/aromatic N) is 2. The van der Waals surface area contributed by atoms with E-state index in [1.807, 2.05) is 48.5 Å². The van der Waals surface area contributed by atoms with Crippen LogP contribution >= 0.6 is 11.3 Å². The van der Waals surface area contributed by atoms with Gasteiger partial charge in [-0.2, -0.15) is 0 Å². The summed E-state index contributed by atoms with van der Waals surface area (Å²) in [6, 6.07) is 14.4. The smallest absolute Gasteiger partial charge is 0.338 e. The average Bonchev–Trinajstić information content (AvgIpc) is 3.37. The molecule has 162 valence electrons. The van der Waals surface area contributed by atoms with Crippen LogP contribution < -0.4 is 24.4 Å². The van der Waals surface area contributed by atoms with Gasteiger partial charge in [-0.15, -0.1) is 0 Å². The van der Waals surface area contributed by atoms with Crippen molar-refractivity contribution in [3.63, 3.8) is 0 Å². The Labute approximate surface area is 187 Å². The third kappa shape index (κ3) is 3.42. The Kier molecular flexibility index (Phi) is 5.14. The number of aromatic nitrogens is 1. The maximum Gasteiger partial charge on any atom is 0.338 e. The van der Waals surface area contributed by atoms with Crippen LogP contribution in [0.2, 0.25) is 0 Å². The van der Waals surface area contributed by atoms with E-state index in [0.29, 0.717) is 32.1 Å². The lowest BCUT2D eigenvalue weighted by molar-refractivity contribution is -0.139. The van der Waals surface area contributed by atoms with Gasteiger partial charge >= 0.3 is 5.97 Å². The highest BCUT2D eigenvalue weighted by Gasteiger charge is 2.33. The summed E-state index contributed by atoms with van der Waals surface area (Å²) in [7, 11) is 0. The van der Waals surface area contributed by atoms with E-state index in [9.17, 15) is 9.59 Å². The molecule has 0 fully saturated rings. The van der Waals surface area contributed by atoms with Crippen LogP contribution in [0.25, 0.3) is 6.08 Å². The number of allylic oxidation sites excluding steroid dienone is 1. The highest BCUT2D eigenvalue weighted by Crippen LogP contribution is 2.33. The topological polar surface area (TPSA) is 79.1 Å². The zero-order chi connectivity index (χ0) is 22.2. The molecule has 0 saturated heterocycles. The average molecular weight is 449 g/mol. The molecule has 0 aliphatic carbocycles. The summed E-state index contributed by atoms with van der Waals surface area (Å²) < 4.78 is 18.2. The molecule has 7 nitrogen and oxygen atoms in total. The molecule has 0 bridgehead atoms. The molecule has 0 amide bonds. The lowest BCUT2D eigenvalue weighted by Gasteiger charge is -2.24. The fourth-order valence-corrected chi connectivity index (χ4v) is 4.94. The van der Waals surface area contributed by atoms with Gasteiger partial charge in [-0.25, -0.2) is 9.79 Å². The van der Waals surface area contributed by atoms with Crippen molar-refractivity contribution in [3.8, 4) is 11.5 Å². The maximum absolute atomic E-state index is 13.5. The minimum atomic E-state index is -0.606. The van der Waals surface area contributed by atoms with Gasteiger partial charge in [0.2, 0.25) is 6.79 Å². The van der Waals surface area contributed by atoms with Gasteiger partial charge in [-0.1, -0.05) is 47.7 Å². The molecule has 0 spiro atoms. The van der Waals surface area contributed by atoms with Crippen molar-refractivity contribution in [2.45, 2.75) is 19.9 Å². The molecule has 0 N–H and O–H groups in total. The van der Waals surface area contributed by atoms with E-state index in [2.05, 4.69) is 4.99 Å². The largest absolute Gasteiger partial charge is 0.463 e. The lowest BCUT2D eigenvalue weighted by atomic mass is 9.96. The van der Waals surface area contributed by atoms with Crippen LogP contribution in [-0.4, -0.2) is 23.9 Å². The molecule has 2 aliphatic heterocycles. The summed E-state index contributed by atoms with van der Waals surface area (Å²) >= 11 is 1.29. The first kappa shape index (κ1) is 20.3. The minimum absolute atomic E-state index is 0.188. The first-order valence-electron chi connectivity index (χ1n) is 10.2. The summed E-state index contributed by atoms with van der Waals surface area (Å²) in [6.45, 7) is 3.96. The first-order valence-corrected chi connectivity index (χ1v) is 11.0. The van der Waals surface area contributed by atoms with E-state index in [-0.39, 0.29) is 19.0 Å². The van der Waals surface area contributed by atoms with Crippen LogP contribution in [0, 0.1) is 0 Å². The fraction of sp³-hybridized carbons (Fsp3) is 0.208. The predicted molar refractivity (Wildman–Crippen MR) is 119 cm³/mol. The van der Waals surface area contributed by atoms with E-state index in [0.717, 1.165) is 11.1 Å². The van der Waals surface area contributed by atoms with Crippen molar-refractivity contribution in [3.05, 3.63) is 90.6 Å². The third-order valence-electron chi connectivity index (χ3n) is 5.33. The Morgan fingerprint density at radius 2 is 2.00 bits per heavy atom. The first-order chi connectivity index (χ1) is 15.6. The summed E-state index contributed by atoms with van der Waals surface area (Å²) in [6.07, 6.45) is 1.80. The Morgan fingerprint density at radius 1 is 1.22 bits per heavy atom. The van der Waals surface area contributed by atoms with Crippen LogP contribution in [0.15, 0.2) is 69.6 Å². The standard InChI is InChI=1S/C24H20N2O5S/c1-3-29-23(28)20-14(2)25-24-26(21(20)16-7-5-4-6-8-16)22(27)19(32-24)12-15-9-10-17-18(11-15)31-13-30-17/h4-12,21H,3,13H2,1-2H3/b19-12+/t21-/m0/s1. The van der Waals surface area contributed by atoms with Crippen molar-refractivity contribution < 1.29 is 19.0 Å². The summed E-state index contributed by atoms with van der Waals surface area (Å²) in [5.74, 6) is 0.865. The number of carbonyl (C=O) groups excluding carboxylic acids is 1. The molecule has 2 aliphatic rings. The summed E-state index contributed by atoms with van der Waals surface area (Å²) in [4.78, 5) is 31.5. The zero-order valence-corrected chi connectivity index (χ0v) is 18.3. The van der Waals surface area contributed by atoms with Gasteiger partial charge in [0.1, 0.15) is 0 Å². The Morgan fingerprint density at radius 3 is 2.78 bits per heavy atom. The maximum atomic E-state index is 13.5. The predicted octanol–water partition coefficient (Wildman–Crippen LogP) is 2.53. The molecule has 1 aromatic heterocycles. The second-order valence-corrected chi connectivity index (χ2v) is 8.33. The number of esters is 1. The van der Waals surface area contributed by atoms with Crippen LogP contribution in [0.1, 0.15) is 31.0 Å². The van der Waals surface area contributed by atoms with Crippen LogP contribution in [0.5, 0.6) is 11.5 Å². The molecule has 3 heterocycles. The van der Waals surface area contributed by atoms with Gasteiger partial charge in [-0.05, 0) is 43.2 Å². The molecule has 32 heavy (non-hydrogen) atoms. The number of benzene rings is 2. The zero-order valence-electron chi connectivity index (χ0n) is 17.5. The van der Waals surface area contributed by atoms with E-state index >= 15 is 0 Å². The van der Waals surface area contributed by atoms with Crippen molar-refractivity contribution >= 4 is 23.4 Å². The van der Waals surface area contributed by atoms with Crippen LogP contribution in [-0.2, 0) is 9.53 Å². The second kappa shape index (κ2) is 8.12. The minimum Gasteiger partial charge on any atom is -0.463 e. The molecule has 5 rings (SSSR count). The van der Waals surface area contributed by atoms with Gasteiger partial charge in [0.05, 0.1) is 28.5 Å². The Hall–Kier alpha value is -3.65. The van der Waals surface area contributed by atoms with E-state index in [4.69, 9.17) is 14.2 Å². The molecule has 0 saturated carbocycles. The normalized spacial score (nSPS) is 17.2. The second-order valence-electron chi connectivity index (χ2n) is 7.33. The van der Waals surface area contributed by atoms with Crippen molar-refractivity contribution in [2.75, 3.05) is 13.4 Å². The van der Waals surface area contributed by atoms with E-state index in [1.54, 1.807) is 24.5 Å². The SMILES string of the molecule is CCOC(=O)C1=C(C)N=c2s/c(=C/c3ccc4c(c3)OCO4)c(=O)n2[C@H]1c1ccccc1. The van der Waals surface area contributed by atoms with Crippen molar-refractivity contribution in [1.82, 2.24) is 4.57 Å². The number of ether oxygens (including phenoxy) is 3. The number of thiazole rings is 1. The fourth-order valence-electron chi connectivity index (χ4n) is 3.90. The van der Waals surface area contributed by atoms with E-state index in [1.165, 1.54) is 11.3 Å². The summed E-state index contributed by atoms with van der Waals surface area (Å²) in [5.41, 5.74) is 2.35. The number of fused-ring (bicyclic) bond motifs is 2. The van der Waals surface area contributed by atoms with Gasteiger partial charge < -0.3 is 14.2 Å². The van der Waals surface area contributed by atoms with Crippen LogP contribution in [0.3, 0.4) is 0 Å². The molecule has 8 heteroatoms. The van der Waals surface area contributed by atoms with E-state index < -0.39 is 12.0 Å². The number of rotatable bonds is 4. The van der Waals surface area contributed by atoms with Gasteiger partial charge in [0.15, 0.2) is 16.3 Å². The van der Waals surface area contributed by atoms with Gasteiger partial charge in [-0.3, -0.25) is 9.36 Å². The lowest BCUT2D eigenvalue weighted by Crippen LogP contribution is -2.39. The molecular weight excluding hydrogens is 428 g/mol. The van der Waals surface area contributed by atoms with Crippen LogP contribution in [0.4, 0.5) is 0 Å². The van der Waals surface area contributed by atoms with Gasteiger partial charge in [0, 0.05) is 0 Å². The molecule has 2 aromatic carbocycles. The Balaban J connectivity index is 1.69. The number of carbonyl (C=O) groups is 1. The number of hydrogen-bond donors (Lipinski definition) is 0.